The van der Waals surface area contributed by atoms with Crippen LogP contribution in [0.4, 0.5) is 10.5 Å². The number of amides is 2. The van der Waals surface area contributed by atoms with E-state index in [4.69, 9.17) is 14.1 Å². The maximum Gasteiger partial charge on any atom is 0.322 e. The first-order chi connectivity index (χ1) is 15.6. The molecule has 0 saturated carbocycles. The lowest BCUT2D eigenvalue weighted by atomic mass is 10.0. The number of nitrogens with one attached hydrogen (secondary N) is 1. The number of oxazole rings is 1. The van der Waals surface area contributed by atoms with Gasteiger partial charge in [0.1, 0.15) is 17.3 Å². The van der Waals surface area contributed by atoms with E-state index in [0.717, 1.165) is 29.5 Å². The minimum Gasteiger partial charge on any atom is -0.495 e. The number of nitrogens with zero attached hydrogens (tertiary/aromatic N) is 2. The number of fused-ring (bicyclic) bond motifs is 1. The van der Waals surface area contributed by atoms with Gasteiger partial charge < -0.3 is 19.4 Å². The minimum atomic E-state index is -0.195. The second-order valence-electron chi connectivity index (χ2n) is 8.03. The van der Waals surface area contributed by atoms with Gasteiger partial charge in [-0.25, -0.2) is 9.78 Å². The highest BCUT2D eigenvalue weighted by atomic mass is 16.5. The topological polar surface area (TPSA) is 67.6 Å². The summed E-state index contributed by atoms with van der Waals surface area (Å²) >= 11 is 0. The fourth-order valence-corrected chi connectivity index (χ4v) is 4.35. The molecule has 0 radical (unpaired) electrons. The number of methoxy groups -OCH3 is 1. The lowest BCUT2D eigenvalue weighted by Gasteiger charge is -2.23. The summed E-state index contributed by atoms with van der Waals surface area (Å²) in [5.74, 6) is 1.21. The van der Waals surface area contributed by atoms with Crippen LogP contribution in [0.15, 0.2) is 71.1 Å². The molecule has 1 aliphatic rings. The third-order valence-corrected chi connectivity index (χ3v) is 6.01. The van der Waals surface area contributed by atoms with Crippen molar-refractivity contribution in [1.29, 1.82) is 0 Å². The molecular formula is C26H25N3O3. The molecule has 32 heavy (non-hydrogen) atoms. The number of benzene rings is 3. The zero-order valence-electron chi connectivity index (χ0n) is 18.2. The van der Waals surface area contributed by atoms with Gasteiger partial charge in [-0.2, -0.15) is 0 Å². The van der Waals surface area contributed by atoms with Crippen molar-refractivity contribution in [2.45, 2.75) is 25.8 Å². The fourth-order valence-electron chi connectivity index (χ4n) is 4.35. The van der Waals surface area contributed by atoms with E-state index in [9.17, 15) is 4.79 Å². The number of ether oxygens (including phenoxy) is 1. The minimum absolute atomic E-state index is 0.181. The molecular weight excluding hydrogens is 402 g/mol. The Bertz CT molecular complexity index is 1280. The van der Waals surface area contributed by atoms with Crippen molar-refractivity contribution in [2.24, 2.45) is 0 Å². The molecule has 1 atom stereocenters. The third-order valence-electron chi connectivity index (χ3n) is 6.01. The molecule has 1 saturated heterocycles. The van der Waals surface area contributed by atoms with E-state index in [-0.39, 0.29) is 12.1 Å². The molecule has 1 N–H and O–H groups in total. The van der Waals surface area contributed by atoms with Crippen LogP contribution in [0.1, 0.15) is 30.3 Å². The second-order valence-corrected chi connectivity index (χ2v) is 8.03. The number of aromatic nitrogens is 1. The highest BCUT2D eigenvalue weighted by molar-refractivity contribution is 5.91. The Morgan fingerprint density at radius 1 is 1.12 bits per heavy atom. The molecule has 0 spiro atoms. The van der Waals surface area contributed by atoms with Crippen LogP contribution in [-0.2, 0) is 0 Å². The normalized spacial score (nSPS) is 15.8. The van der Waals surface area contributed by atoms with Gasteiger partial charge in [-0.1, -0.05) is 42.5 Å². The summed E-state index contributed by atoms with van der Waals surface area (Å²) in [6.45, 7) is 2.75. The number of hydrogen-bond acceptors (Lipinski definition) is 4. The number of hydrogen-bond donors (Lipinski definition) is 1. The SMILES string of the molecule is COc1ccccc1NC(=O)N1CCC[C@H]1c1nc2cc(-c3ccccc3C)ccc2o1. The number of rotatable bonds is 4. The Morgan fingerprint density at radius 3 is 2.78 bits per heavy atom. The van der Waals surface area contributed by atoms with Crippen molar-refractivity contribution >= 4 is 22.8 Å². The van der Waals surface area contributed by atoms with Gasteiger partial charge in [0.2, 0.25) is 5.89 Å². The number of urea groups is 1. The molecule has 5 rings (SSSR count). The molecule has 0 aliphatic carbocycles. The predicted molar refractivity (Wildman–Crippen MR) is 125 cm³/mol. The van der Waals surface area contributed by atoms with Crippen LogP contribution in [0, 0.1) is 6.92 Å². The summed E-state index contributed by atoms with van der Waals surface area (Å²) in [4.78, 5) is 19.6. The quantitative estimate of drug-likeness (QED) is 0.422. The Morgan fingerprint density at radius 2 is 1.94 bits per heavy atom. The van der Waals surface area contributed by atoms with E-state index < -0.39 is 0 Å². The number of anilines is 1. The Labute approximate surface area is 186 Å². The monoisotopic (exact) mass is 427 g/mol. The van der Waals surface area contributed by atoms with Crippen LogP contribution < -0.4 is 10.1 Å². The second kappa shape index (κ2) is 8.38. The zero-order valence-corrected chi connectivity index (χ0v) is 18.2. The third kappa shape index (κ3) is 3.68. The van der Waals surface area contributed by atoms with Crippen molar-refractivity contribution in [2.75, 3.05) is 19.0 Å². The highest BCUT2D eigenvalue weighted by Gasteiger charge is 2.34. The molecule has 0 bridgehead atoms. The molecule has 4 aromatic rings. The number of aryl methyl sites for hydroxylation is 1. The summed E-state index contributed by atoms with van der Waals surface area (Å²) in [5, 5.41) is 2.97. The first kappa shape index (κ1) is 20.1. The number of para-hydroxylation sites is 2. The molecule has 0 unspecified atom stereocenters. The molecule has 2 amide bonds. The van der Waals surface area contributed by atoms with E-state index in [1.54, 1.807) is 12.0 Å². The van der Waals surface area contributed by atoms with Crippen molar-refractivity contribution < 1.29 is 13.9 Å². The van der Waals surface area contributed by atoms with E-state index in [2.05, 4.69) is 36.5 Å². The van der Waals surface area contributed by atoms with Crippen LogP contribution >= 0.6 is 0 Å². The summed E-state index contributed by atoms with van der Waals surface area (Å²) in [5.41, 5.74) is 5.67. The van der Waals surface area contributed by atoms with Crippen LogP contribution in [-0.4, -0.2) is 29.6 Å². The van der Waals surface area contributed by atoms with Crippen LogP contribution in [0.5, 0.6) is 5.75 Å². The zero-order chi connectivity index (χ0) is 22.1. The van der Waals surface area contributed by atoms with Gasteiger partial charge >= 0.3 is 6.03 Å². The molecule has 3 aromatic carbocycles. The lowest BCUT2D eigenvalue weighted by molar-refractivity contribution is 0.198. The van der Waals surface area contributed by atoms with Crippen molar-refractivity contribution in [3.05, 3.63) is 78.2 Å². The van der Waals surface area contributed by atoms with Crippen LogP contribution in [0.25, 0.3) is 22.2 Å². The van der Waals surface area contributed by atoms with Gasteiger partial charge in [-0.3, -0.25) is 0 Å². The maximum atomic E-state index is 13.0. The Balaban J connectivity index is 1.41. The number of likely N-dealkylation sites (tertiary alicyclic amines) is 1. The van der Waals surface area contributed by atoms with E-state index in [1.807, 2.05) is 42.5 Å². The molecule has 6 heteroatoms. The lowest BCUT2D eigenvalue weighted by Crippen LogP contribution is -2.34. The predicted octanol–water partition coefficient (Wildman–Crippen LogP) is 6.18. The standard InChI is InChI=1S/C26H25N3O3/c1-17-8-3-4-9-19(17)18-13-14-24-21(16-18)27-25(32-24)22-11-7-15-29(22)26(30)28-20-10-5-6-12-23(20)31-2/h3-6,8-10,12-14,16,22H,7,11,15H2,1-2H3,(H,28,30)/t22-/m0/s1. The summed E-state index contributed by atoms with van der Waals surface area (Å²) in [6, 6.07) is 21.4. The maximum absolute atomic E-state index is 13.0. The molecule has 1 aromatic heterocycles. The summed E-state index contributed by atoms with van der Waals surface area (Å²) in [7, 11) is 1.59. The van der Waals surface area contributed by atoms with Crippen molar-refractivity contribution in [3.8, 4) is 16.9 Å². The highest BCUT2D eigenvalue weighted by Crippen LogP contribution is 2.35. The molecule has 6 nitrogen and oxygen atoms in total. The average molecular weight is 428 g/mol. The van der Waals surface area contributed by atoms with Gasteiger partial charge in [0.05, 0.1) is 12.8 Å². The molecule has 2 heterocycles. The van der Waals surface area contributed by atoms with E-state index in [1.165, 1.54) is 11.1 Å². The molecule has 1 fully saturated rings. The summed E-state index contributed by atoms with van der Waals surface area (Å²) in [6.07, 6.45) is 1.72. The Kier molecular flexibility index (Phi) is 5.27. The van der Waals surface area contributed by atoms with Gasteiger partial charge in [0.15, 0.2) is 5.58 Å². The van der Waals surface area contributed by atoms with Gasteiger partial charge in [0.25, 0.3) is 0 Å². The first-order valence-electron chi connectivity index (χ1n) is 10.8. The van der Waals surface area contributed by atoms with Gasteiger partial charge in [0, 0.05) is 6.54 Å². The number of carbonyl (C=O) groups is 1. The van der Waals surface area contributed by atoms with Crippen LogP contribution in [0.3, 0.4) is 0 Å². The average Bonchev–Trinajstić information content (AvgIpc) is 3.46. The fraction of sp³-hybridized carbons (Fsp3) is 0.231. The number of carbonyl (C=O) groups excluding carboxylic acids is 1. The van der Waals surface area contributed by atoms with Gasteiger partial charge in [-0.15, -0.1) is 0 Å². The van der Waals surface area contributed by atoms with Crippen LogP contribution in [0.2, 0.25) is 0 Å². The van der Waals surface area contributed by atoms with Crippen molar-refractivity contribution in [3.63, 3.8) is 0 Å². The first-order valence-corrected chi connectivity index (χ1v) is 10.8. The molecule has 162 valence electrons. The Hall–Kier alpha value is -3.80. The van der Waals surface area contributed by atoms with Crippen molar-refractivity contribution in [1.82, 2.24) is 9.88 Å². The smallest absolute Gasteiger partial charge is 0.322 e. The van der Waals surface area contributed by atoms with E-state index in [0.29, 0.717) is 23.9 Å². The summed E-state index contributed by atoms with van der Waals surface area (Å²) < 4.78 is 11.4. The van der Waals surface area contributed by atoms with Gasteiger partial charge in [-0.05, 0) is 60.7 Å². The molecule has 1 aliphatic heterocycles. The van der Waals surface area contributed by atoms with E-state index >= 15 is 0 Å². The largest absolute Gasteiger partial charge is 0.495 e.